The number of nitrogens with one attached hydrogen (secondary N) is 1. The van der Waals surface area contributed by atoms with Crippen LogP contribution in [0.3, 0.4) is 0 Å². The molecule has 222 valence electrons. The molecule has 13 heteroatoms. The van der Waals surface area contributed by atoms with E-state index in [0.717, 1.165) is 10.1 Å². The van der Waals surface area contributed by atoms with Crippen molar-refractivity contribution < 1.29 is 33.3 Å². The third-order valence-corrected chi connectivity index (χ3v) is 8.27. The number of rotatable bonds is 9. The van der Waals surface area contributed by atoms with Crippen LogP contribution in [0.4, 0.5) is 5.69 Å². The first-order chi connectivity index (χ1) is 20.9. The van der Waals surface area contributed by atoms with Crippen molar-refractivity contribution in [2.24, 2.45) is 0 Å². The molecule has 1 amide bonds. The quantitative estimate of drug-likeness (QED) is 0.284. The predicted octanol–water partition coefficient (Wildman–Crippen LogP) is 3.02. The van der Waals surface area contributed by atoms with Gasteiger partial charge in [0.25, 0.3) is 11.5 Å². The molecule has 2 aliphatic rings. The fourth-order valence-corrected chi connectivity index (χ4v) is 5.83. The molecule has 2 saturated heterocycles. The van der Waals surface area contributed by atoms with Crippen LogP contribution in [-0.4, -0.2) is 78.3 Å². The van der Waals surface area contributed by atoms with Crippen LogP contribution in [0.5, 0.6) is 5.75 Å². The van der Waals surface area contributed by atoms with Crippen LogP contribution in [0.15, 0.2) is 71.8 Å². The Balaban J connectivity index is 1.21. The molecule has 6 rings (SSSR count). The second-order valence-electron chi connectivity index (χ2n) is 9.86. The van der Waals surface area contributed by atoms with Crippen molar-refractivity contribution in [2.75, 3.05) is 32.8 Å². The standard InChI is InChI=1S/C30H28N4O8S/c1-38-21-15-40-26-22(16-41-25(21)26)42-19-10-8-17(9-11-19)27-31-12-20(30(37)34(27)14-24(35)39-2)33-28(36)23-13-32-29(43-23)18-6-4-3-5-7-18/h3-13,21-22,25-26H,14-16H2,1-2H3,(H,33,36)/t21-,22-,25-,26-/m1/s1. The van der Waals surface area contributed by atoms with E-state index in [-0.39, 0.29) is 35.9 Å². The monoisotopic (exact) mass is 604 g/mol. The number of benzene rings is 2. The summed E-state index contributed by atoms with van der Waals surface area (Å²) in [6.07, 6.45) is 1.90. The maximum Gasteiger partial charge on any atom is 0.325 e. The molecule has 0 radical (unpaired) electrons. The van der Waals surface area contributed by atoms with Crippen molar-refractivity contribution in [1.82, 2.24) is 14.5 Å². The van der Waals surface area contributed by atoms with E-state index >= 15 is 0 Å². The Bertz CT molecular complexity index is 1670. The number of anilines is 1. The van der Waals surface area contributed by atoms with E-state index in [1.54, 1.807) is 31.4 Å². The average molecular weight is 605 g/mol. The van der Waals surface area contributed by atoms with Crippen LogP contribution in [0.25, 0.3) is 22.0 Å². The number of fused-ring (bicyclic) bond motifs is 1. The minimum atomic E-state index is -0.648. The number of carbonyl (C=O) groups is 2. The third-order valence-electron chi connectivity index (χ3n) is 7.23. The molecule has 43 heavy (non-hydrogen) atoms. The molecule has 2 aromatic heterocycles. The van der Waals surface area contributed by atoms with Crippen LogP contribution in [0.1, 0.15) is 9.67 Å². The van der Waals surface area contributed by atoms with Crippen LogP contribution >= 0.6 is 11.3 Å². The zero-order valence-electron chi connectivity index (χ0n) is 23.3. The summed E-state index contributed by atoms with van der Waals surface area (Å²) in [4.78, 5) is 47.8. The summed E-state index contributed by atoms with van der Waals surface area (Å²) in [7, 11) is 2.86. The van der Waals surface area contributed by atoms with E-state index < -0.39 is 24.0 Å². The van der Waals surface area contributed by atoms with Gasteiger partial charge in [0.1, 0.15) is 52.0 Å². The summed E-state index contributed by atoms with van der Waals surface area (Å²) in [6.45, 7) is 0.418. The molecule has 4 heterocycles. The number of ether oxygens (including phenoxy) is 5. The number of nitrogens with zero attached hydrogens (tertiary/aromatic N) is 3. The molecule has 4 atom stereocenters. The number of carbonyl (C=O) groups excluding carboxylic acids is 2. The van der Waals surface area contributed by atoms with E-state index in [0.29, 0.717) is 34.4 Å². The molecule has 4 aromatic rings. The largest absolute Gasteiger partial charge is 0.485 e. The maximum atomic E-state index is 13.5. The normalized spacial score (nSPS) is 20.9. The maximum absolute atomic E-state index is 13.5. The summed E-state index contributed by atoms with van der Waals surface area (Å²) in [5, 5.41) is 3.28. The van der Waals surface area contributed by atoms with Gasteiger partial charge in [-0.2, -0.15) is 0 Å². The van der Waals surface area contributed by atoms with Crippen molar-refractivity contribution in [3.05, 3.63) is 82.2 Å². The topological polar surface area (TPSA) is 140 Å². The van der Waals surface area contributed by atoms with Gasteiger partial charge >= 0.3 is 5.97 Å². The zero-order chi connectivity index (χ0) is 29.9. The van der Waals surface area contributed by atoms with Crippen LogP contribution in [0, 0.1) is 0 Å². The second kappa shape index (κ2) is 12.4. The molecule has 12 nitrogen and oxygen atoms in total. The van der Waals surface area contributed by atoms with Gasteiger partial charge in [-0.15, -0.1) is 11.3 Å². The summed E-state index contributed by atoms with van der Waals surface area (Å²) in [5.74, 6) is -0.369. The lowest BCUT2D eigenvalue weighted by Gasteiger charge is -2.18. The van der Waals surface area contributed by atoms with Crippen LogP contribution < -0.4 is 15.6 Å². The highest BCUT2D eigenvalue weighted by molar-refractivity contribution is 7.17. The molecule has 1 N–H and O–H groups in total. The van der Waals surface area contributed by atoms with Crippen LogP contribution in [0.2, 0.25) is 0 Å². The smallest absolute Gasteiger partial charge is 0.325 e. The van der Waals surface area contributed by atoms with Gasteiger partial charge in [-0.3, -0.25) is 19.0 Å². The van der Waals surface area contributed by atoms with Gasteiger partial charge in [-0.1, -0.05) is 30.3 Å². The van der Waals surface area contributed by atoms with Gasteiger partial charge in [0.15, 0.2) is 6.10 Å². The molecular formula is C30H28N4O8S. The second-order valence-corrected chi connectivity index (χ2v) is 10.9. The number of thiazole rings is 1. The van der Waals surface area contributed by atoms with Gasteiger partial charge < -0.3 is 29.0 Å². The Morgan fingerprint density at radius 1 is 0.953 bits per heavy atom. The molecule has 2 aliphatic heterocycles. The Labute approximate surface area is 250 Å². The molecule has 0 aliphatic carbocycles. The van der Waals surface area contributed by atoms with Crippen molar-refractivity contribution in [3.8, 4) is 27.7 Å². The minimum Gasteiger partial charge on any atom is -0.485 e. The summed E-state index contributed by atoms with van der Waals surface area (Å²) >= 11 is 1.20. The summed E-state index contributed by atoms with van der Waals surface area (Å²) in [6, 6.07) is 16.4. The number of aromatic nitrogens is 3. The molecule has 0 bridgehead atoms. The van der Waals surface area contributed by atoms with Gasteiger partial charge in [0.05, 0.1) is 32.7 Å². The predicted molar refractivity (Wildman–Crippen MR) is 156 cm³/mol. The molecule has 0 spiro atoms. The van der Waals surface area contributed by atoms with Crippen LogP contribution in [-0.2, 0) is 30.3 Å². The van der Waals surface area contributed by atoms with Crippen molar-refractivity contribution in [2.45, 2.75) is 31.0 Å². The lowest BCUT2D eigenvalue weighted by atomic mass is 10.1. The molecule has 2 aromatic carbocycles. The first-order valence-electron chi connectivity index (χ1n) is 13.5. The van der Waals surface area contributed by atoms with Gasteiger partial charge in [-0.05, 0) is 24.3 Å². The minimum absolute atomic E-state index is 0.0889. The molecular weight excluding hydrogens is 576 g/mol. The van der Waals surface area contributed by atoms with E-state index in [1.807, 2.05) is 30.3 Å². The number of methoxy groups -OCH3 is 2. The van der Waals surface area contributed by atoms with E-state index in [4.69, 9.17) is 23.7 Å². The molecule has 0 unspecified atom stereocenters. The zero-order valence-corrected chi connectivity index (χ0v) is 24.1. The van der Waals surface area contributed by atoms with E-state index in [1.165, 1.54) is 30.8 Å². The first kappa shape index (κ1) is 28.7. The number of hydrogen-bond donors (Lipinski definition) is 1. The third kappa shape index (κ3) is 5.92. The van der Waals surface area contributed by atoms with Gasteiger partial charge in [0.2, 0.25) is 0 Å². The fraction of sp³-hybridized carbons (Fsp3) is 0.300. The SMILES string of the molecule is COC(=O)Cn1c(-c2ccc(O[C@@H]3CO[C@H]4[C@@H]3OC[C@H]4OC)cc2)ncc(NC(=O)c2cnc(-c3ccccc3)s2)c1=O. The fourth-order valence-electron chi connectivity index (χ4n) is 5.02. The Morgan fingerprint density at radius 2 is 1.67 bits per heavy atom. The van der Waals surface area contributed by atoms with E-state index in [2.05, 4.69) is 15.3 Å². The van der Waals surface area contributed by atoms with Gasteiger partial charge in [-0.25, -0.2) is 9.97 Å². The van der Waals surface area contributed by atoms with Crippen molar-refractivity contribution >= 4 is 28.9 Å². The average Bonchev–Trinajstić information content (AvgIpc) is 3.78. The Morgan fingerprint density at radius 3 is 2.40 bits per heavy atom. The summed E-state index contributed by atoms with van der Waals surface area (Å²) in [5.41, 5.74) is 0.728. The summed E-state index contributed by atoms with van der Waals surface area (Å²) < 4.78 is 29.2. The molecule has 0 saturated carbocycles. The van der Waals surface area contributed by atoms with Crippen molar-refractivity contribution in [3.63, 3.8) is 0 Å². The Kier molecular flexibility index (Phi) is 8.29. The molecule has 2 fully saturated rings. The van der Waals surface area contributed by atoms with E-state index in [9.17, 15) is 14.4 Å². The lowest BCUT2D eigenvalue weighted by molar-refractivity contribution is -0.141. The number of esters is 1. The highest BCUT2D eigenvalue weighted by Gasteiger charge is 2.49. The number of hydrogen-bond acceptors (Lipinski definition) is 11. The van der Waals surface area contributed by atoms with Gasteiger partial charge in [0, 0.05) is 18.2 Å². The highest BCUT2D eigenvalue weighted by atomic mass is 32.1. The first-order valence-corrected chi connectivity index (χ1v) is 14.3. The van der Waals surface area contributed by atoms with Crippen molar-refractivity contribution in [1.29, 1.82) is 0 Å². The Hall–Kier alpha value is -4.43. The lowest BCUT2D eigenvalue weighted by Crippen LogP contribution is -2.35. The number of amides is 1. The highest BCUT2D eigenvalue weighted by Crippen LogP contribution is 2.32.